The Morgan fingerprint density at radius 3 is 2.57 bits per heavy atom. The summed E-state index contributed by atoms with van der Waals surface area (Å²) >= 11 is 7.57. The number of nitrogens with one attached hydrogen (secondary N) is 1. The number of nitriles is 1. The fraction of sp³-hybridized carbons (Fsp3) is 0.111. The topological polar surface area (TPSA) is 52.9 Å². The monoisotopic (exact) mass is 342 g/mol. The maximum atomic E-state index is 12.3. The number of halogens is 1. The molecule has 0 aromatic heterocycles. The van der Waals surface area contributed by atoms with Crippen molar-refractivity contribution in [3.63, 3.8) is 0 Å². The van der Waals surface area contributed by atoms with E-state index < -0.39 is 5.91 Å². The van der Waals surface area contributed by atoms with Gasteiger partial charge in [-0.3, -0.25) is 4.79 Å². The normalized spacial score (nSPS) is 11.0. The third-order valence-corrected chi connectivity index (χ3v) is 4.22. The Labute approximate surface area is 145 Å². The number of aryl methyl sites for hydroxylation is 1. The zero-order valence-electron chi connectivity index (χ0n) is 12.8. The van der Waals surface area contributed by atoms with Crippen LogP contribution in [-0.4, -0.2) is 12.2 Å². The van der Waals surface area contributed by atoms with Crippen molar-refractivity contribution in [2.75, 3.05) is 11.6 Å². The van der Waals surface area contributed by atoms with E-state index in [4.69, 9.17) is 11.6 Å². The van der Waals surface area contributed by atoms with Gasteiger partial charge in [-0.1, -0.05) is 29.8 Å². The van der Waals surface area contributed by atoms with Crippen LogP contribution >= 0.6 is 23.4 Å². The molecule has 0 fully saturated rings. The smallest absolute Gasteiger partial charge is 0.266 e. The number of hydrogen-bond donors (Lipinski definition) is 1. The minimum Gasteiger partial charge on any atom is -0.321 e. The molecule has 1 amide bonds. The number of anilines is 1. The van der Waals surface area contributed by atoms with E-state index in [-0.39, 0.29) is 5.57 Å². The van der Waals surface area contributed by atoms with Crippen molar-refractivity contribution in [3.05, 3.63) is 64.2 Å². The van der Waals surface area contributed by atoms with Crippen molar-refractivity contribution >= 4 is 41.0 Å². The lowest BCUT2D eigenvalue weighted by atomic mass is 10.1. The molecule has 0 bridgehead atoms. The summed E-state index contributed by atoms with van der Waals surface area (Å²) in [4.78, 5) is 13.4. The number of carbonyl (C=O) groups excluding carboxylic acids is 1. The zero-order chi connectivity index (χ0) is 16.8. The molecule has 2 rings (SSSR count). The number of rotatable bonds is 4. The van der Waals surface area contributed by atoms with Crippen LogP contribution in [0.4, 0.5) is 5.69 Å². The highest BCUT2D eigenvalue weighted by Crippen LogP contribution is 2.21. The van der Waals surface area contributed by atoms with Gasteiger partial charge in [0.05, 0.1) is 0 Å². The van der Waals surface area contributed by atoms with Crippen LogP contribution in [0.2, 0.25) is 5.02 Å². The molecule has 2 aromatic carbocycles. The predicted molar refractivity (Wildman–Crippen MR) is 96.6 cm³/mol. The number of hydrogen-bond acceptors (Lipinski definition) is 3. The standard InChI is InChI=1S/C18H15ClN2OS/c1-12-3-6-15(19)10-17(12)21-18(22)14(11-20)9-13-4-7-16(23-2)8-5-13/h3-10H,1-2H3,(H,21,22)/b14-9+. The Hall–Kier alpha value is -2.22. The van der Waals surface area contributed by atoms with Crippen LogP contribution in [0.1, 0.15) is 11.1 Å². The largest absolute Gasteiger partial charge is 0.321 e. The second kappa shape index (κ2) is 7.87. The molecule has 3 nitrogen and oxygen atoms in total. The SMILES string of the molecule is CSc1ccc(/C=C(\C#N)C(=O)Nc2cc(Cl)ccc2C)cc1. The number of benzene rings is 2. The lowest BCUT2D eigenvalue weighted by molar-refractivity contribution is -0.112. The fourth-order valence-electron chi connectivity index (χ4n) is 1.93. The van der Waals surface area contributed by atoms with Gasteiger partial charge in [-0.25, -0.2) is 0 Å². The van der Waals surface area contributed by atoms with Gasteiger partial charge in [0.25, 0.3) is 5.91 Å². The van der Waals surface area contributed by atoms with E-state index in [1.807, 2.05) is 49.6 Å². The van der Waals surface area contributed by atoms with E-state index in [0.717, 1.165) is 16.0 Å². The fourth-order valence-corrected chi connectivity index (χ4v) is 2.51. The molecule has 2 aromatic rings. The molecule has 23 heavy (non-hydrogen) atoms. The molecular formula is C18H15ClN2OS. The van der Waals surface area contributed by atoms with Crippen molar-refractivity contribution in [3.8, 4) is 6.07 Å². The highest BCUT2D eigenvalue weighted by molar-refractivity contribution is 7.98. The first-order valence-electron chi connectivity index (χ1n) is 6.87. The number of amides is 1. The van der Waals surface area contributed by atoms with Gasteiger partial charge in [0.2, 0.25) is 0 Å². The molecule has 116 valence electrons. The summed E-state index contributed by atoms with van der Waals surface area (Å²) in [7, 11) is 0. The average molecular weight is 343 g/mol. The molecule has 0 unspecified atom stereocenters. The molecule has 0 heterocycles. The highest BCUT2D eigenvalue weighted by Gasteiger charge is 2.11. The van der Waals surface area contributed by atoms with Crippen molar-refractivity contribution in [2.45, 2.75) is 11.8 Å². The van der Waals surface area contributed by atoms with Gasteiger partial charge in [0.1, 0.15) is 11.6 Å². The molecular weight excluding hydrogens is 328 g/mol. The second-order valence-electron chi connectivity index (χ2n) is 4.86. The van der Waals surface area contributed by atoms with E-state index in [9.17, 15) is 10.1 Å². The number of nitrogens with zero attached hydrogens (tertiary/aromatic N) is 1. The third kappa shape index (κ3) is 4.62. The first-order chi connectivity index (χ1) is 11.0. The van der Waals surface area contributed by atoms with Gasteiger partial charge in [-0.2, -0.15) is 5.26 Å². The molecule has 0 radical (unpaired) electrons. The molecule has 0 saturated heterocycles. The third-order valence-electron chi connectivity index (χ3n) is 3.24. The van der Waals surface area contributed by atoms with Crippen LogP contribution in [0, 0.1) is 18.3 Å². The number of thioether (sulfide) groups is 1. The molecule has 5 heteroatoms. The lowest BCUT2D eigenvalue weighted by Gasteiger charge is -2.08. The lowest BCUT2D eigenvalue weighted by Crippen LogP contribution is -2.14. The van der Waals surface area contributed by atoms with Crippen LogP contribution in [0.15, 0.2) is 52.9 Å². The van der Waals surface area contributed by atoms with Crippen LogP contribution < -0.4 is 5.32 Å². The van der Waals surface area contributed by atoms with Gasteiger partial charge >= 0.3 is 0 Å². The Morgan fingerprint density at radius 2 is 1.96 bits per heavy atom. The second-order valence-corrected chi connectivity index (χ2v) is 6.17. The Bertz CT molecular complexity index is 792. The summed E-state index contributed by atoms with van der Waals surface area (Å²) in [6, 6.07) is 14.8. The summed E-state index contributed by atoms with van der Waals surface area (Å²) in [5, 5.41) is 12.5. The van der Waals surface area contributed by atoms with Gasteiger partial charge < -0.3 is 5.32 Å². The van der Waals surface area contributed by atoms with Crippen molar-refractivity contribution in [1.82, 2.24) is 0 Å². The maximum Gasteiger partial charge on any atom is 0.266 e. The average Bonchev–Trinajstić information content (AvgIpc) is 2.56. The first kappa shape index (κ1) is 17.1. The van der Waals surface area contributed by atoms with Crippen molar-refractivity contribution in [2.24, 2.45) is 0 Å². The van der Waals surface area contributed by atoms with Crippen LogP contribution in [0.5, 0.6) is 0 Å². The Balaban J connectivity index is 2.22. The first-order valence-corrected chi connectivity index (χ1v) is 8.47. The van der Waals surface area contributed by atoms with Crippen LogP contribution in [0.25, 0.3) is 6.08 Å². The predicted octanol–water partition coefficient (Wildman–Crippen LogP) is 4.92. The zero-order valence-corrected chi connectivity index (χ0v) is 14.3. The van der Waals surface area contributed by atoms with Gasteiger partial charge in [0.15, 0.2) is 0 Å². The summed E-state index contributed by atoms with van der Waals surface area (Å²) < 4.78 is 0. The van der Waals surface area contributed by atoms with Crippen molar-refractivity contribution in [1.29, 1.82) is 5.26 Å². The number of carbonyl (C=O) groups is 1. The summed E-state index contributed by atoms with van der Waals surface area (Å²) in [6.07, 6.45) is 3.56. The molecule has 0 spiro atoms. The molecule has 0 aliphatic heterocycles. The van der Waals surface area contributed by atoms with Gasteiger partial charge in [-0.15, -0.1) is 11.8 Å². The van der Waals surface area contributed by atoms with E-state index in [1.54, 1.807) is 30.0 Å². The summed E-state index contributed by atoms with van der Waals surface area (Å²) in [5.41, 5.74) is 2.32. The highest BCUT2D eigenvalue weighted by atomic mass is 35.5. The van der Waals surface area contributed by atoms with E-state index in [1.165, 1.54) is 0 Å². The minimum atomic E-state index is -0.452. The van der Waals surface area contributed by atoms with Crippen LogP contribution in [0.3, 0.4) is 0 Å². The van der Waals surface area contributed by atoms with Gasteiger partial charge in [0, 0.05) is 15.6 Å². The van der Waals surface area contributed by atoms with Crippen molar-refractivity contribution < 1.29 is 4.79 Å². The summed E-state index contributed by atoms with van der Waals surface area (Å²) in [6.45, 7) is 1.86. The Morgan fingerprint density at radius 1 is 1.26 bits per heavy atom. The molecule has 0 aliphatic rings. The van der Waals surface area contributed by atoms with E-state index >= 15 is 0 Å². The molecule has 0 aliphatic carbocycles. The Kier molecular flexibility index (Phi) is 5.86. The quantitative estimate of drug-likeness (QED) is 0.487. The minimum absolute atomic E-state index is 0.0428. The maximum absolute atomic E-state index is 12.3. The van der Waals surface area contributed by atoms with Gasteiger partial charge in [-0.05, 0) is 54.6 Å². The molecule has 0 atom stereocenters. The molecule has 1 N–H and O–H groups in total. The van der Waals surface area contributed by atoms with E-state index in [0.29, 0.717) is 10.7 Å². The van der Waals surface area contributed by atoms with E-state index in [2.05, 4.69) is 5.32 Å². The molecule has 0 saturated carbocycles. The van der Waals surface area contributed by atoms with Crippen LogP contribution in [-0.2, 0) is 4.79 Å². The summed E-state index contributed by atoms with van der Waals surface area (Å²) in [5.74, 6) is -0.452.